The van der Waals surface area contributed by atoms with Gasteiger partial charge in [-0.15, -0.1) is 10.2 Å². The maximum Gasteiger partial charge on any atom is 0.240 e. The summed E-state index contributed by atoms with van der Waals surface area (Å²) >= 11 is 7.63. The molecule has 4 rings (SSSR count). The van der Waals surface area contributed by atoms with E-state index in [0.29, 0.717) is 22.5 Å². The minimum absolute atomic E-state index is 0.131. The number of rotatable bonds is 6. The van der Waals surface area contributed by atoms with Crippen molar-refractivity contribution in [3.05, 3.63) is 64.4 Å². The van der Waals surface area contributed by atoms with Gasteiger partial charge in [0.15, 0.2) is 5.82 Å². The van der Waals surface area contributed by atoms with Crippen LogP contribution in [0.5, 0.6) is 5.75 Å². The Labute approximate surface area is 190 Å². The second-order valence-corrected chi connectivity index (χ2v) is 8.65. The Bertz CT molecular complexity index is 1090. The first-order chi connectivity index (χ1) is 15.0. The van der Waals surface area contributed by atoms with E-state index in [2.05, 4.69) is 20.9 Å². The number of benzene rings is 2. The van der Waals surface area contributed by atoms with Gasteiger partial charge < -0.3 is 15.5 Å². The highest BCUT2D eigenvalue weighted by Crippen LogP contribution is 2.38. The molecule has 0 aliphatic carbocycles. The van der Waals surface area contributed by atoms with E-state index in [9.17, 15) is 4.79 Å². The molecule has 1 aliphatic rings. The van der Waals surface area contributed by atoms with Crippen LogP contribution < -0.4 is 15.5 Å². The van der Waals surface area contributed by atoms with Gasteiger partial charge in [0.1, 0.15) is 11.0 Å². The van der Waals surface area contributed by atoms with Crippen molar-refractivity contribution in [1.82, 2.24) is 14.9 Å². The molecule has 31 heavy (non-hydrogen) atoms. The lowest BCUT2D eigenvalue weighted by atomic mass is 10.0. The number of aryl methyl sites for hydroxylation is 1. The lowest BCUT2D eigenvalue weighted by Crippen LogP contribution is -2.41. The topological polar surface area (TPSA) is 81.1 Å². The van der Waals surface area contributed by atoms with Crippen molar-refractivity contribution < 1.29 is 9.53 Å². The number of anilines is 1. The lowest BCUT2D eigenvalue weighted by molar-refractivity contribution is -0.116. The zero-order chi connectivity index (χ0) is 22.0. The SMILES string of the molecule is CCOc1ccc([C@@H]2Nn3c(CC)nnc3S[C@H]2C(=O)Nc2cccc(Cl)c2C)cc1. The molecule has 0 spiro atoms. The number of hydrogen-bond acceptors (Lipinski definition) is 6. The van der Waals surface area contributed by atoms with Gasteiger partial charge in [-0.1, -0.05) is 48.5 Å². The molecule has 1 aromatic heterocycles. The second kappa shape index (κ2) is 9.20. The number of nitrogens with zero attached hydrogens (tertiary/aromatic N) is 3. The number of halogens is 1. The first kappa shape index (κ1) is 21.5. The normalized spacial score (nSPS) is 17.5. The average Bonchev–Trinajstić information content (AvgIpc) is 3.19. The number of fused-ring (bicyclic) bond motifs is 1. The molecule has 2 N–H and O–H groups in total. The van der Waals surface area contributed by atoms with Gasteiger partial charge in [0, 0.05) is 17.1 Å². The van der Waals surface area contributed by atoms with Gasteiger partial charge in [-0.05, 0) is 49.2 Å². The molecule has 0 radical (unpaired) electrons. The van der Waals surface area contributed by atoms with Crippen molar-refractivity contribution in [1.29, 1.82) is 0 Å². The number of ether oxygens (including phenoxy) is 1. The highest BCUT2D eigenvalue weighted by molar-refractivity contribution is 8.00. The Morgan fingerprint density at radius 1 is 1.23 bits per heavy atom. The summed E-state index contributed by atoms with van der Waals surface area (Å²) in [5.41, 5.74) is 5.96. The zero-order valence-corrected chi connectivity index (χ0v) is 19.1. The van der Waals surface area contributed by atoms with Gasteiger partial charge in [0.05, 0.1) is 12.6 Å². The third-order valence-electron chi connectivity index (χ3n) is 5.15. The third kappa shape index (κ3) is 4.36. The highest BCUT2D eigenvalue weighted by Gasteiger charge is 2.37. The van der Waals surface area contributed by atoms with Crippen LogP contribution in [0.3, 0.4) is 0 Å². The molecule has 0 unspecified atom stereocenters. The molecular formula is C22H24ClN5O2S. The van der Waals surface area contributed by atoms with Crippen molar-refractivity contribution in [3.8, 4) is 5.75 Å². The number of hydrogen-bond donors (Lipinski definition) is 2. The minimum Gasteiger partial charge on any atom is -0.494 e. The molecule has 0 saturated carbocycles. The van der Waals surface area contributed by atoms with Crippen LogP contribution in [0.2, 0.25) is 5.02 Å². The number of carbonyl (C=O) groups is 1. The van der Waals surface area contributed by atoms with E-state index in [-0.39, 0.29) is 11.9 Å². The van der Waals surface area contributed by atoms with Gasteiger partial charge >= 0.3 is 0 Å². The van der Waals surface area contributed by atoms with Crippen LogP contribution in [0.1, 0.15) is 36.8 Å². The molecular weight excluding hydrogens is 434 g/mol. The number of carbonyl (C=O) groups excluding carboxylic acids is 1. The number of amides is 1. The van der Waals surface area contributed by atoms with Crippen LogP contribution in [0.25, 0.3) is 0 Å². The summed E-state index contributed by atoms with van der Waals surface area (Å²) in [6.07, 6.45) is 0.731. The Hall–Kier alpha value is -2.71. The lowest BCUT2D eigenvalue weighted by Gasteiger charge is -2.33. The fraction of sp³-hybridized carbons (Fsp3) is 0.318. The predicted molar refractivity (Wildman–Crippen MR) is 124 cm³/mol. The fourth-order valence-corrected chi connectivity index (χ4v) is 4.74. The maximum absolute atomic E-state index is 13.4. The standard InChI is InChI=1S/C22H24ClN5O2S/c1-4-18-25-26-22-28(18)27-19(14-9-11-15(12-10-14)30-5-2)20(31-22)21(29)24-17-8-6-7-16(23)13(17)3/h6-12,19-20,27H,4-5H2,1-3H3,(H,24,29)/t19-,20+/m0/s1. The largest absolute Gasteiger partial charge is 0.494 e. The monoisotopic (exact) mass is 457 g/mol. The van der Waals surface area contributed by atoms with Crippen LogP contribution in [-0.2, 0) is 11.2 Å². The van der Waals surface area contributed by atoms with Crippen molar-refractivity contribution in [2.45, 2.75) is 43.6 Å². The Morgan fingerprint density at radius 2 is 2.00 bits per heavy atom. The molecule has 7 nitrogen and oxygen atoms in total. The van der Waals surface area contributed by atoms with Gasteiger partial charge in [-0.2, -0.15) is 0 Å². The van der Waals surface area contributed by atoms with Crippen LogP contribution in [-0.4, -0.2) is 32.6 Å². The molecule has 9 heteroatoms. The number of aromatic nitrogens is 3. The van der Waals surface area contributed by atoms with Crippen molar-refractivity contribution in [3.63, 3.8) is 0 Å². The molecule has 1 amide bonds. The van der Waals surface area contributed by atoms with Gasteiger partial charge in [-0.3, -0.25) is 4.79 Å². The highest BCUT2D eigenvalue weighted by atomic mass is 35.5. The number of thioether (sulfide) groups is 1. The van der Waals surface area contributed by atoms with E-state index in [0.717, 1.165) is 29.1 Å². The summed E-state index contributed by atoms with van der Waals surface area (Å²) in [6, 6.07) is 13.0. The summed E-state index contributed by atoms with van der Waals surface area (Å²) in [5.74, 6) is 1.49. The van der Waals surface area contributed by atoms with Crippen LogP contribution in [0, 0.1) is 6.92 Å². The van der Waals surface area contributed by atoms with E-state index in [1.165, 1.54) is 11.8 Å². The smallest absolute Gasteiger partial charge is 0.240 e. The van der Waals surface area contributed by atoms with E-state index in [4.69, 9.17) is 16.3 Å². The predicted octanol–water partition coefficient (Wildman–Crippen LogP) is 4.60. The van der Waals surface area contributed by atoms with E-state index in [1.807, 2.05) is 61.8 Å². The third-order valence-corrected chi connectivity index (χ3v) is 6.78. The summed E-state index contributed by atoms with van der Waals surface area (Å²) in [7, 11) is 0. The van der Waals surface area contributed by atoms with E-state index >= 15 is 0 Å². The fourth-order valence-electron chi connectivity index (χ4n) is 3.46. The second-order valence-electron chi connectivity index (χ2n) is 7.14. The molecule has 2 atom stereocenters. The maximum atomic E-state index is 13.4. The Kier molecular flexibility index (Phi) is 6.38. The molecule has 0 saturated heterocycles. The average molecular weight is 458 g/mol. The van der Waals surface area contributed by atoms with E-state index < -0.39 is 5.25 Å². The molecule has 1 aliphatic heterocycles. The zero-order valence-electron chi connectivity index (χ0n) is 17.6. The molecule has 3 aromatic rings. The van der Waals surface area contributed by atoms with Gasteiger partial charge in [0.2, 0.25) is 11.1 Å². The van der Waals surface area contributed by atoms with E-state index in [1.54, 1.807) is 6.07 Å². The van der Waals surface area contributed by atoms with Crippen LogP contribution in [0.15, 0.2) is 47.6 Å². The molecule has 0 bridgehead atoms. The minimum atomic E-state index is -0.460. The summed E-state index contributed by atoms with van der Waals surface area (Å²) < 4.78 is 7.44. The van der Waals surface area contributed by atoms with Crippen LogP contribution >= 0.6 is 23.4 Å². The van der Waals surface area contributed by atoms with Gasteiger partial charge in [0.25, 0.3) is 0 Å². The Balaban J connectivity index is 1.66. The molecule has 0 fully saturated rings. The van der Waals surface area contributed by atoms with Gasteiger partial charge in [-0.25, -0.2) is 4.68 Å². The summed E-state index contributed by atoms with van der Waals surface area (Å²) in [6.45, 7) is 6.46. The quantitative estimate of drug-likeness (QED) is 0.563. The van der Waals surface area contributed by atoms with Crippen molar-refractivity contribution in [2.75, 3.05) is 17.3 Å². The molecule has 162 valence electrons. The Morgan fingerprint density at radius 3 is 2.71 bits per heavy atom. The molecule has 2 aromatic carbocycles. The van der Waals surface area contributed by atoms with Crippen molar-refractivity contribution >= 4 is 35.0 Å². The number of nitrogens with one attached hydrogen (secondary N) is 2. The summed E-state index contributed by atoms with van der Waals surface area (Å²) in [4.78, 5) is 13.4. The van der Waals surface area contributed by atoms with Crippen molar-refractivity contribution in [2.24, 2.45) is 0 Å². The first-order valence-electron chi connectivity index (χ1n) is 10.2. The summed E-state index contributed by atoms with van der Waals surface area (Å²) in [5, 5.41) is 12.4. The molecule has 2 heterocycles. The van der Waals surface area contributed by atoms with Crippen LogP contribution in [0.4, 0.5) is 5.69 Å². The first-order valence-corrected chi connectivity index (χ1v) is 11.4.